The van der Waals surface area contributed by atoms with Crippen LogP contribution in [0.4, 0.5) is 0 Å². The molecule has 0 bridgehead atoms. The van der Waals surface area contributed by atoms with Crippen LogP contribution < -0.4 is 10.6 Å². The lowest BCUT2D eigenvalue weighted by Gasteiger charge is -2.09. The lowest BCUT2D eigenvalue weighted by Crippen LogP contribution is -2.28. The molecule has 8 heteroatoms. The monoisotopic (exact) mass is 288 g/mol. The largest absolute Gasteiger partial charge is 0.367 e. The smallest absolute Gasteiger partial charge is 0.274 e. The molecule has 1 rings (SSSR count). The Morgan fingerprint density at radius 3 is 3.11 bits per heavy atom. The van der Waals surface area contributed by atoms with Crippen LogP contribution in [0, 0.1) is 10.1 Å². The number of nitrogens with one attached hydrogen (secondary N) is 2. The molecule has 0 aromatic carbocycles. The van der Waals surface area contributed by atoms with Crippen molar-refractivity contribution in [2.24, 2.45) is 0 Å². The van der Waals surface area contributed by atoms with Gasteiger partial charge in [-0.05, 0) is 6.92 Å². The van der Waals surface area contributed by atoms with E-state index in [0.29, 0.717) is 18.9 Å². The van der Waals surface area contributed by atoms with Crippen molar-refractivity contribution < 1.29 is 4.92 Å². The molecule has 0 aliphatic heterocycles. The number of rotatable bonds is 9. The molecule has 0 unspecified atom stereocenters. The number of nitrogens with zero attached hydrogens (tertiary/aromatic N) is 2. The molecule has 100 valence electrons. The summed E-state index contributed by atoms with van der Waals surface area (Å²) in [6.07, 6.45) is 0.953. The van der Waals surface area contributed by atoms with E-state index >= 15 is 0 Å². The van der Waals surface area contributed by atoms with Gasteiger partial charge in [-0.3, -0.25) is 10.1 Å². The van der Waals surface area contributed by atoms with Crippen molar-refractivity contribution >= 4 is 23.1 Å². The van der Waals surface area contributed by atoms with Crippen molar-refractivity contribution in [3.05, 3.63) is 38.7 Å². The Kier molecular flexibility index (Phi) is 7.19. The van der Waals surface area contributed by atoms with Crippen molar-refractivity contribution in [1.29, 1.82) is 0 Å². The maximum atomic E-state index is 10.4. The van der Waals surface area contributed by atoms with E-state index in [1.165, 1.54) is 0 Å². The minimum atomic E-state index is -0.465. The first-order chi connectivity index (χ1) is 8.72. The molecular formula is C10H16N4O2S2. The molecule has 1 aromatic rings. The van der Waals surface area contributed by atoms with E-state index in [1.807, 2.05) is 17.8 Å². The van der Waals surface area contributed by atoms with Gasteiger partial charge in [0, 0.05) is 30.0 Å². The van der Waals surface area contributed by atoms with Crippen LogP contribution in [0.3, 0.4) is 0 Å². The highest BCUT2D eigenvalue weighted by Gasteiger charge is 2.01. The highest BCUT2D eigenvalue weighted by molar-refractivity contribution is 7.98. The molecule has 0 aliphatic carbocycles. The van der Waals surface area contributed by atoms with E-state index in [1.54, 1.807) is 23.1 Å². The van der Waals surface area contributed by atoms with Crippen LogP contribution in [0.2, 0.25) is 0 Å². The van der Waals surface area contributed by atoms with Crippen LogP contribution in [-0.2, 0) is 5.75 Å². The third-order valence-corrected chi connectivity index (χ3v) is 3.52. The topological polar surface area (TPSA) is 80.1 Å². The second kappa shape index (κ2) is 8.76. The fourth-order valence-electron chi connectivity index (χ4n) is 1.19. The molecule has 1 aromatic heterocycles. The first-order valence-corrected chi connectivity index (χ1v) is 7.60. The molecule has 18 heavy (non-hydrogen) atoms. The van der Waals surface area contributed by atoms with Gasteiger partial charge >= 0.3 is 0 Å². The minimum absolute atomic E-state index is 0.455. The number of hydrogen-bond donors (Lipinski definition) is 2. The molecule has 1 heterocycles. The first-order valence-electron chi connectivity index (χ1n) is 5.50. The average molecular weight is 288 g/mol. The summed E-state index contributed by atoms with van der Waals surface area (Å²) in [4.78, 5) is 14.1. The summed E-state index contributed by atoms with van der Waals surface area (Å²) in [5.41, 5.74) is 2.90. The zero-order chi connectivity index (χ0) is 13.2. The number of aromatic nitrogens is 1. The van der Waals surface area contributed by atoms with E-state index in [0.717, 1.165) is 23.4 Å². The molecule has 6 nitrogen and oxygen atoms in total. The number of thioether (sulfide) groups is 1. The lowest BCUT2D eigenvalue weighted by molar-refractivity contribution is -0.404. The first kappa shape index (κ1) is 14.8. The minimum Gasteiger partial charge on any atom is -0.367 e. The van der Waals surface area contributed by atoms with Gasteiger partial charge in [0.05, 0.1) is 16.1 Å². The molecule has 0 saturated carbocycles. The van der Waals surface area contributed by atoms with Gasteiger partial charge in [-0.15, -0.1) is 11.3 Å². The van der Waals surface area contributed by atoms with E-state index in [4.69, 9.17) is 0 Å². The molecule has 0 amide bonds. The maximum Gasteiger partial charge on any atom is 0.274 e. The van der Waals surface area contributed by atoms with Crippen LogP contribution in [0.15, 0.2) is 22.9 Å². The van der Waals surface area contributed by atoms with Crippen LogP contribution in [0.1, 0.15) is 12.6 Å². The average Bonchev–Trinajstić information content (AvgIpc) is 2.81. The van der Waals surface area contributed by atoms with Crippen LogP contribution in [-0.4, -0.2) is 28.7 Å². The fraction of sp³-hybridized carbons (Fsp3) is 0.500. The SMILES string of the molecule is CCN/C(=C/[N+](=O)[O-])NCCSCc1cscn1. The zero-order valence-electron chi connectivity index (χ0n) is 10.1. The Labute approximate surface area is 114 Å². The zero-order valence-corrected chi connectivity index (χ0v) is 11.7. The third-order valence-electron chi connectivity index (χ3n) is 1.90. The second-order valence-corrected chi connectivity index (χ2v) is 5.14. The molecule has 0 saturated heterocycles. The van der Waals surface area contributed by atoms with Crippen molar-refractivity contribution in [2.75, 3.05) is 18.8 Å². The van der Waals surface area contributed by atoms with E-state index < -0.39 is 4.92 Å². The molecule has 0 atom stereocenters. The van der Waals surface area contributed by atoms with E-state index in [-0.39, 0.29) is 0 Å². The molecular weight excluding hydrogens is 272 g/mol. The van der Waals surface area contributed by atoms with Crippen LogP contribution in [0.5, 0.6) is 0 Å². The van der Waals surface area contributed by atoms with Gasteiger partial charge in [0.2, 0.25) is 0 Å². The fourth-order valence-corrected chi connectivity index (χ4v) is 2.61. The highest BCUT2D eigenvalue weighted by atomic mass is 32.2. The molecule has 0 radical (unpaired) electrons. The predicted molar refractivity (Wildman–Crippen MR) is 75.0 cm³/mol. The van der Waals surface area contributed by atoms with Crippen molar-refractivity contribution in [2.45, 2.75) is 12.7 Å². The second-order valence-electron chi connectivity index (χ2n) is 3.32. The van der Waals surface area contributed by atoms with Gasteiger partial charge in [-0.1, -0.05) is 0 Å². The number of nitro groups is 1. The molecule has 2 N–H and O–H groups in total. The van der Waals surface area contributed by atoms with Gasteiger partial charge < -0.3 is 10.6 Å². The predicted octanol–water partition coefficient (Wildman–Crippen LogP) is 1.65. The molecule has 0 aliphatic rings. The summed E-state index contributed by atoms with van der Waals surface area (Å²) in [7, 11) is 0. The van der Waals surface area contributed by atoms with Crippen molar-refractivity contribution in [3.63, 3.8) is 0 Å². The van der Waals surface area contributed by atoms with Crippen molar-refractivity contribution in [3.8, 4) is 0 Å². The summed E-state index contributed by atoms with van der Waals surface area (Å²) in [5.74, 6) is 2.20. The van der Waals surface area contributed by atoms with E-state index in [9.17, 15) is 10.1 Å². The summed E-state index contributed by atoms with van der Waals surface area (Å²) in [6.45, 7) is 3.23. The third kappa shape index (κ3) is 6.45. The van der Waals surface area contributed by atoms with Gasteiger partial charge in [0.15, 0.2) is 5.82 Å². The Bertz CT molecular complexity index is 381. The van der Waals surface area contributed by atoms with Gasteiger partial charge in [0.1, 0.15) is 0 Å². The quantitative estimate of drug-likeness (QED) is 0.408. The Balaban J connectivity index is 2.16. The van der Waals surface area contributed by atoms with E-state index in [2.05, 4.69) is 15.6 Å². The Morgan fingerprint density at radius 1 is 1.67 bits per heavy atom. The Morgan fingerprint density at radius 2 is 2.50 bits per heavy atom. The van der Waals surface area contributed by atoms with Gasteiger partial charge in [-0.25, -0.2) is 4.98 Å². The van der Waals surface area contributed by atoms with Crippen LogP contribution >= 0.6 is 23.1 Å². The molecule has 0 spiro atoms. The number of hydrogen-bond acceptors (Lipinski definition) is 7. The van der Waals surface area contributed by atoms with Gasteiger partial charge in [-0.2, -0.15) is 11.8 Å². The summed E-state index contributed by atoms with van der Waals surface area (Å²) in [6, 6.07) is 0. The van der Waals surface area contributed by atoms with Gasteiger partial charge in [0.25, 0.3) is 6.20 Å². The highest BCUT2D eigenvalue weighted by Crippen LogP contribution is 2.11. The molecule has 0 fully saturated rings. The summed E-state index contributed by atoms with van der Waals surface area (Å²) in [5, 5.41) is 18.3. The number of thiazole rings is 1. The summed E-state index contributed by atoms with van der Waals surface area (Å²) >= 11 is 3.33. The van der Waals surface area contributed by atoms with Crippen LogP contribution in [0.25, 0.3) is 0 Å². The normalized spacial score (nSPS) is 11.3. The summed E-state index contributed by atoms with van der Waals surface area (Å²) < 4.78 is 0. The lowest BCUT2D eigenvalue weighted by atomic mass is 10.6. The standard InChI is InChI=1S/C10H16N4O2S2/c1-2-11-10(5-14(15)16)12-3-4-17-6-9-7-18-8-13-9/h5,7-8,11-12H,2-4,6H2,1H3/b10-5-. The van der Waals surface area contributed by atoms with Crippen molar-refractivity contribution in [1.82, 2.24) is 15.6 Å². The maximum absolute atomic E-state index is 10.4. The Hall–Kier alpha value is -1.28.